The molecular weight excluding hydrogens is 442 g/mol. The summed E-state index contributed by atoms with van der Waals surface area (Å²) >= 11 is 0. The first-order valence-corrected chi connectivity index (χ1v) is 10.8. The van der Waals surface area contributed by atoms with Gasteiger partial charge >= 0.3 is 12.2 Å². The van der Waals surface area contributed by atoms with Gasteiger partial charge in [-0.1, -0.05) is 12.1 Å². The molecule has 4 rings (SSSR count). The average molecular weight is 469 g/mol. The number of halogens is 4. The quantitative estimate of drug-likeness (QED) is 0.659. The minimum atomic E-state index is -4.66. The molecule has 1 saturated heterocycles. The number of aliphatic hydroxyl groups is 1. The topological polar surface area (TPSA) is 73.6 Å². The average Bonchev–Trinajstić information content (AvgIpc) is 3.30. The SMILES string of the molecule is CN(C)[C@]1(c2cccc(F)c2)CC[C@]2(CC1)CN(c1cc(C(F)(F)F)nn1CCO)C(=O)N2. The molecule has 180 valence electrons. The number of amides is 2. The van der Waals surface area contributed by atoms with Crippen LogP contribution in [0.4, 0.5) is 28.2 Å². The number of aromatic nitrogens is 2. The van der Waals surface area contributed by atoms with Crippen molar-refractivity contribution in [1.29, 1.82) is 0 Å². The zero-order valence-corrected chi connectivity index (χ0v) is 18.5. The summed E-state index contributed by atoms with van der Waals surface area (Å²) in [5, 5.41) is 15.8. The number of benzene rings is 1. The maximum Gasteiger partial charge on any atom is 0.435 e. The van der Waals surface area contributed by atoms with Gasteiger partial charge in [0.05, 0.1) is 25.2 Å². The van der Waals surface area contributed by atoms with Crippen LogP contribution in [0.25, 0.3) is 0 Å². The van der Waals surface area contributed by atoms with Crippen molar-refractivity contribution >= 4 is 11.8 Å². The van der Waals surface area contributed by atoms with Gasteiger partial charge in [-0.3, -0.25) is 9.80 Å². The molecule has 7 nitrogen and oxygen atoms in total. The molecule has 33 heavy (non-hydrogen) atoms. The van der Waals surface area contributed by atoms with Crippen molar-refractivity contribution in [2.75, 3.05) is 32.1 Å². The third-order valence-corrected chi connectivity index (χ3v) is 6.97. The molecule has 1 aliphatic carbocycles. The van der Waals surface area contributed by atoms with Crippen LogP contribution in [0.1, 0.15) is 36.9 Å². The van der Waals surface area contributed by atoms with Crippen molar-refractivity contribution in [1.82, 2.24) is 20.0 Å². The number of rotatable bonds is 5. The van der Waals surface area contributed by atoms with Gasteiger partial charge in [-0.05, 0) is 57.5 Å². The van der Waals surface area contributed by atoms with Crippen molar-refractivity contribution in [2.24, 2.45) is 0 Å². The maximum absolute atomic E-state index is 13.9. The minimum Gasteiger partial charge on any atom is -0.394 e. The molecular formula is C22H27F4N5O2. The third-order valence-electron chi connectivity index (χ3n) is 6.97. The summed E-state index contributed by atoms with van der Waals surface area (Å²) in [7, 11) is 3.88. The van der Waals surface area contributed by atoms with E-state index >= 15 is 0 Å². The molecule has 2 aliphatic rings. The number of hydrogen-bond acceptors (Lipinski definition) is 4. The lowest BCUT2D eigenvalue weighted by molar-refractivity contribution is -0.141. The molecule has 1 aromatic heterocycles. The van der Waals surface area contributed by atoms with Crippen molar-refractivity contribution < 1.29 is 27.5 Å². The summed E-state index contributed by atoms with van der Waals surface area (Å²) in [6.07, 6.45) is -2.23. The van der Waals surface area contributed by atoms with Crippen LogP contribution in [0.3, 0.4) is 0 Å². The Labute approximate surface area is 189 Å². The van der Waals surface area contributed by atoms with Gasteiger partial charge in [0.15, 0.2) is 5.69 Å². The number of carbonyl (C=O) groups is 1. The number of hydrogen-bond donors (Lipinski definition) is 2. The number of carbonyl (C=O) groups excluding carboxylic acids is 1. The second kappa shape index (κ2) is 8.28. The van der Waals surface area contributed by atoms with Gasteiger partial charge in [0.25, 0.3) is 0 Å². The van der Waals surface area contributed by atoms with Crippen molar-refractivity contribution in [2.45, 2.75) is 49.5 Å². The Morgan fingerprint density at radius 1 is 1.18 bits per heavy atom. The molecule has 0 unspecified atom stereocenters. The Hall–Kier alpha value is -2.66. The Bertz CT molecular complexity index is 1030. The smallest absolute Gasteiger partial charge is 0.394 e. The van der Waals surface area contributed by atoms with Crippen molar-refractivity contribution in [3.8, 4) is 0 Å². The van der Waals surface area contributed by atoms with Gasteiger partial charge in [0, 0.05) is 11.6 Å². The van der Waals surface area contributed by atoms with Crippen LogP contribution in [0.5, 0.6) is 0 Å². The van der Waals surface area contributed by atoms with E-state index in [1.165, 1.54) is 17.0 Å². The Morgan fingerprint density at radius 3 is 2.45 bits per heavy atom. The first-order valence-electron chi connectivity index (χ1n) is 10.8. The van der Waals surface area contributed by atoms with E-state index in [2.05, 4.69) is 15.3 Å². The molecule has 1 spiro atoms. The zero-order chi connectivity index (χ0) is 24.0. The van der Waals surface area contributed by atoms with Gasteiger partial charge in [-0.25, -0.2) is 13.9 Å². The molecule has 11 heteroatoms. The maximum atomic E-state index is 13.9. The van der Waals surface area contributed by atoms with E-state index < -0.39 is 35.6 Å². The van der Waals surface area contributed by atoms with Gasteiger partial charge in [-0.15, -0.1) is 0 Å². The number of nitrogens with zero attached hydrogens (tertiary/aromatic N) is 4. The van der Waals surface area contributed by atoms with Gasteiger partial charge in [0.2, 0.25) is 0 Å². The van der Waals surface area contributed by atoms with Gasteiger partial charge in [0.1, 0.15) is 11.6 Å². The van der Waals surface area contributed by atoms with E-state index in [0.29, 0.717) is 25.7 Å². The fourth-order valence-corrected chi connectivity index (χ4v) is 5.11. The summed E-state index contributed by atoms with van der Waals surface area (Å²) in [4.78, 5) is 16.2. The van der Waals surface area contributed by atoms with E-state index in [1.807, 2.05) is 20.2 Å². The van der Waals surface area contributed by atoms with Crippen LogP contribution in [0, 0.1) is 5.82 Å². The van der Waals surface area contributed by atoms with Crippen molar-refractivity contribution in [3.05, 3.63) is 47.4 Å². The zero-order valence-electron chi connectivity index (χ0n) is 18.5. The predicted molar refractivity (Wildman–Crippen MR) is 113 cm³/mol. The number of urea groups is 1. The van der Waals surface area contributed by atoms with E-state index in [4.69, 9.17) is 0 Å². The molecule has 2 fully saturated rings. The summed E-state index contributed by atoms with van der Waals surface area (Å²) < 4.78 is 54.6. The standard InChI is InChI=1S/C22H27F4N5O2/c1-29(2)21(15-4-3-5-16(23)12-15)8-6-20(7-9-21)14-30(19(33)27-20)18-13-17(22(24,25)26)28-31(18)10-11-32/h3-5,12-13,32H,6-11,14H2,1-2H3,(H,27,33)/t20-,21+. The second-order valence-corrected chi connectivity index (χ2v) is 9.07. The Morgan fingerprint density at radius 2 is 1.88 bits per heavy atom. The second-order valence-electron chi connectivity index (χ2n) is 9.07. The molecule has 0 radical (unpaired) electrons. The van der Waals surface area contributed by atoms with Crippen molar-refractivity contribution in [3.63, 3.8) is 0 Å². The first kappa shape index (κ1) is 23.5. The highest BCUT2D eigenvalue weighted by atomic mass is 19.4. The first-order chi connectivity index (χ1) is 15.5. The summed E-state index contributed by atoms with van der Waals surface area (Å²) in [6.45, 7) is -0.385. The highest BCUT2D eigenvalue weighted by Crippen LogP contribution is 2.46. The Balaban J connectivity index is 1.59. The van der Waals surface area contributed by atoms with E-state index in [1.54, 1.807) is 6.07 Å². The summed E-state index contributed by atoms with van der Waals surface area (Å²) in [5.41, 5.74) is -1.27. The molecule has 2 aromatic rings. The monoisotopic (exact) mass is 469 g/mol. The van der Waals surface area contributed by atoms with Crippen LogP contribution in [-0.4, -0.2) is 58.6 Å². The molecule has 1 saturated carbocycles. The molecule has 1 aliphatic heterocycles. The number of nitrogens with one attached hydrogen (secondary N) is 1. The molecule has 2 N–H and O–H groups in total. The highest BCUT2D eigenvalue weighted by Gasteiger charge is 2.51. The van der Waals surface area contributed by atoms with E-state index in [-0.39, 0.29) is 24.7 Å². The van der Waals surface area contributed by atoms with E-state index in [9.17, 15) is 27.5 Å². The number of aliphatic hydroxyl groups excluding tert-OH is 1. The van der Waals surface area contributed by atoms with Gasteiger partial charge < -0.3 is 10.4 Å². The van der Waals surface area contributed by atoms with Gasteiger partial charge in [-0.2, -0.15) is 18.3 Å². The number of anilines is 1. The van der Waals surface area contributed by atoms with Crippen LogP contribution >= 0.6 is 0 Å². The van der Waals surface area contributed by atoms with Crippen LogP contribution in [0.15, 0.2) is 30.3 Å². The molecule has 1 aromatic carbocycles. The molecule has 0 bridgehead atoms. The van der Waals surface area contributed by atoms with E-state index in [0.717, 1.165) is 16.3 Å². The third kappa shape index (κ3) is 4.19. The molecule has 2 amide bonds. The normalized spacial score (nSPS) is 25.8. The fourth-order valence-electron chi connectivity index (χ4n) is 5.11. The summed E-state index contributed by atoms with van der Waals surface area (Å²) in [6, 6.07) is 6.85. The lowest BCUT2D eigenvalue weighted by Crippen LogP contribution is -2.54. The fraction of sp³-hybridized carbons (Fsp3) is 0.545. The molecule has 2 heterocycles. The lowest BCUT2D eigenvalue weighted by atomic mass is 9.69. The van der Waals surface area contributed by atoms with Crippen LogP contribution in [0.2, 0.25) is 0 Å². The molecule has 0 atom stereocenters. The summed E-state index contributed by atoms with van der Waals surface area (Å²) in [5.74, 6) is -0.313. The van der Waals surface area contributed by atoms with Crippen LogP contribution in [-0.2, 0) is 18.3 Å². The lowest BCUT2D eigenvalue weighted by Gasteiger charge is -2.48. The largest absolute Gasteiger partial charge is 0.435 e. The van der Waals surface area contributed by atoms with Crippen LogP contribution < -0.4 is 10.2 Å². The predicted octanol–water partition coefficient (Wildman–Crippen LogP) is 3.33. The number of alkyl halides is 3. The minimum absolute atomic E-state index is 0.000303. The Kier molecular flexibility index (Phi) is 5.90. The highest BCUT2D eigenvalue weighted by molar-refractivity contribution is 5.94.